The van der Waals surface area contributed by atoms with Crippen LogP contribution in [0.1, 0.15) is 5.69 Å². The Labute approximate surface area is 102 Å². The maximum Gasteiger partial charge on any atom is 0.261 e. The van der Waals surface area contributed by atoms with Gasteiger partial charge in [-0.25, -0.2) is 0 Å². The monoisotopic (exact) mass is 246 g/mol. The number of rotatable bonds is 2. The lowest BCUT2D eigenvalue weighted by atomic mass is 10.2. The van der Waals surface area contributed by atoms with Crippen molar-refractivity contribution in [2.75, 3.05) is 0 Å². The van der Waals surface area contributed by atoms with Crippen LogP contribution in [0.2, 0.25) is 0 Å². The molecule has 17 heavy (non-hydrogen) atoms. The van der Waals surface area contributed by atoms with Crippen LogP contribution in [0.5, 0.6) is 0 Å². The number of hydrogen-bond donors (Lipinski definition) is 0. The molecule has 0 amide bonds. The van der Waals surface area contributed by atoms with Gasteiger partial charge in [-0.15, -0.1) is 0 Å². The summed E-state index contributed by atoms with van der Waals surface area (Å²) >= 11 is 1.61. The molecule has 0 N–H and O–H groups in total. The number of aromatic nitrogens is 4. The molecule has 0 saturated heterocycles. The van der Waals surface area contributed by atoms with E-state index in [0.29, 0.717) is 11.7 Å². The normalized spacial score (nSPS) is 10.9. The molecule has 5 nitrogen and oxygen atoms in total. The summed E-state index contributed by atoms with van der Waals surface area (Å²) in [6.07, 6.45) is 1.74. The molecule has 3 rings (SSSR count). The first-order valence-corrected chi connectivity index (χ1v) is 6.05. The molecule has 3 aromatic heterocycles. The number of hydrogen-bond acceptors (Lipinski definition) is 5. The summed E-state index contributed by atoms with van der Waals surface area (Å²) < 4.78 is 7.04. The molecule has 0 bridgehead atoms. The fraction of sp³-hybridized carbons (Fsp3) is 0.182. The van der Waals surface area contributed by atoms with Gasteiger partial charge in [0, 0.05) is 23.7 Å². The van der Waals surface area contributed by atoms with E-state index in [1.807, 2.05) is 30.8 Å². The fourth-order valence-electron chi connectivity index (χ4n) is 1.55. The summed E-state index contributed by atoms with van der Waals surface area (Å²) in [7, 11) is 1.88. The van der Waals surface area contributed by atoms with Gasteiger partial charge in [0.25, 0.3) is 5.89 Å². The molecule has 0 saturated carbocycles. The highest BCUT2D eigenvalue weighted by Gasteiger charge is 2.15. The van der Waals surface area contributed by atoms with Crippen molar-refractivity contribution in [2.24, 2.45) is 7.05 Å². The molecule has 0 atom stereocenters. The SMILES string of the molecule is Cc1c(-c2nc(-c3ccsc3)no2)cnn1C. The van der Waals surface area contributed by atoms with Crippen LogP contribution in [-0.4, -0.2) is 19.9 Å². The van der Waals surface area contributed by atoms with Gasteiger partial charge >= 0.3 is 0 Å². The van der Waals surface area contributed by atoms with Gasteiger partial charge in [-0.2, -0.15) is 21.4 Å². The molecular formula is C11H10N4OS. The number of aryl methyl sites for hydroxylation is 1. The lowest BCUT2D eigenvalue weighted by molar-refractivity contribution is 0.432. The molecule has 86 valence electrons. The molecule has 0 aliphatic rings. The smallest absolute Gasteiger partial charge is 0.261 e. The van der Waals surface area contributed by atoms with Crippen molar-refractivity contribution >= 4 is 11.3 Å². The van der Waals surface area contributed by atoms with E-state index in [1.54, 1.807) is 22.2 Å². The van der Waals surface area contributed by atoms with Crippen molar-refractivity contribution in [1.29, 1.82) is 0 Å². The Kier molecular flexibility index (Phi) is 2.29. The zero-order valence-electron chi connectivity index (χ0n) is 9.41. The molecule has 0 fully saturated rings. The fourth-order valence-corrected chi connectivity index (χ4v) is 2.18. The van der Waals surface area contributed by atoms with Gasteiger partial charge in [0.15, 0.2) is 0 Å². The third-order valence-corrected chi connectivity index (χ3v) is 3.35. The van der Waals surface area contributed by atoms with E-state index in [4.69, 9.17) is 4.52 Å². The Morgan fingerprint density at radius 1 is 1.41 bits per heavy atom. The Morgan fingerprint density at radius 2 is 2.29 bits per heavy atom. The lowest BCUT2D eigenvalue weighted by Crippen LogP contribution is -1.92. The Hall–Kier alpha value is -1.95. The van der Waals surface area contributed by atoms with Gasteiger partial charge in [0.05, 0.1) is 11.8 Å². The van der Waals surface area contributed by atoms with E-state index >= 15 is 0 Å². The van der Waals surface area contributed by atoms with Crippen LogP contribution >= 0.6 is 11.3 Å². The van der Waals surface area contributed by atoms with Gasteiger partial charge in [0.2, 0.25) is 5.82 Å². The first kappa shape index (κ1) is 10.2. The number of thiophene rings is 1. The van der Waals surface area contributed by atoms with Crippen LogP contribution in [0.4, 0.5) is 0 Å². The average Bonchev–Trinajstić information content (AvgIpc) is 3.01. The molecule has 6 heteroatoms. The van der Waals surface area contributed by atoms with Gasteiger partial charge < -0.3 is 4.52 Å². The molecule has 0 unspecified atom stereocenters. The molecule has 0 aliphatic carbocycles. The minimum absolute atomic E-state index is 0.511. The summed E-state index contributed by atoms with van der Waals surface area (Å²) in [6, 6.07) is 1.97. The third kappa shape index (κ3) is 1.66. The summed E-state index contributed by atoms with van der Waals surface area (Å²) in [5.41, 5.74) is 2.86. The van der Waals surface area contributed by atoms with E-state index in [0.717, 1.165) is 16.8 Å². The van der Waals surface area contributed by atoms with E-state index < -0.39 is 0 Å². The summed E-state index contributed by atoms with van der Waals surface area (Å²) in [5.74, 6) is 1.13. The molecule has 0 aromatic carbocycles. The minimum atomic E-state index is 0.511. The van der Waals surface area contributed by atoms with Crippen molar-refractivity contribution in [1.82, 2.24) is 19.9 Å². The van der Waals surface area contributed by atoms with Crippen LogP contribution in [-0.2, 0) is 7.05 Å². The standard InChI is InChI=1S/C11H10N4OS/c1-7-9(5-12-15(7)2)11-13-10(14-16-11)8-3-4-17-6-8/h3-6H,1-2H3. The summed E-state index contributed by atoms with van der Waals surface area (Å²) in [6.45, 7) is 1.97. The van der Waals surface area contributed by atoms with Crippen molar-refractivity contribution in [3.05, 3.63) is 28.7 Å². The second kappa shape index (κ2) is 3.81. The van der Waals surface area contributed by atoms with Crippen molar-refractivity contribution < 1.29 is 4.52 Å². The second-order valence-corrected chi connectivity index (χ2v) is 4.48. The highest BCUT2D eigenvalue weighted by molar-refractivity contribution is 7.08. The van der Waals surface area contributed by atoms with Crippen LogP contribution in [0.25, 0.3) is 22.8 Å². The first-order valence-electron chi connectivity index (χ1n) is 5.11. The lowest BCUT2D eigenvalue weighted by Gasteiger charge is -1.93. The van der Waals surface area contributed by atoms with Crippen molar-refractivity contribution in [2.45, 2.75) is 6.92 Å². The molecule has 3 heterocycles. The maximum absolute atomic E-state index is 5.26. The first-order chi connectivity index (χ1) is 8.25. The molecule has 0 radical (unpaired) electrons. The van der Waals surface area contributed by atoms with Gasteiger partial charge in [-0.05, 0) is 18.4 Å². The minimum Gasteiger partial charge on any atom is -0.333 e. The van der Waals surface area contributed by atoms with Gasteiger partial charge in [-0.1, -0.05) is 5.16 Å². The Bertz CT molecular complexity index is 638. The predicted octanol–water partition coefficient (Wildman–Crippen LogP) is 2.51. The zero-order chi connectivity index (χ0) is 11.8. The van der Waals surface area contributed by atoms with E-state index in [-0.39, 0.29) is 0 Å². The third-order valence-electron chi connectivity index (χ3n) is 2.67. The van der Waals surface area contributed by atoms with Crippen LogP contribution in [0, 0.1) is 6.92 Å². The van der Waals surface area contributed by atoms with Crippen molar-refractivity contribution in [3.63, 3.8) is 0 Å². The topological polar surface area (TPSA) is 56.7 Å². The largest absolute Gasteiger partial charge is 0.333 e. The second-order valence-electron chi connectivity index (χ2n) is 3.70. The highest BCUT2D eigenvalue weighted by Crippen LogP contribution is 2.25. The van der Waals surface area contributed by atoms with E-state index in [1.165, 1.54) is 0 Å². The Balaban J connectivity index is 2.04. The summed E-state index contributed by atoms with van der Waals surface area (Å²) in [4.78, 5) is 4.37. The zero-order valence-corrected chi connectivity index (χ0v) is 10.2. The Morgan fingerprint density at radius 3 is 2.94 bits per heavy atom. The molecule has 0 spiro atoms. The molecule has 0 aliphatic heterocycles. The average molecular weight is 246 g/mol. The van der Waals surface area contributed by atoms with Crippen LogP contribution < -0.4 is 0 Å². The van der Waals surface area contributed by atoms with Gasteiger partial charge in [0.1, 0.15) is 0 Å². The van der Waals surface area contributed by atoms with Crippen LogP contribution in [0.15, 0.2) is 27.5 Å². The van der Waals surface area contributed by atoms with E-state index in [9.17, 15) is 0 Å². The number of nitrogens with zero attached hydrogens (tertiary/aromatic N) is 4. The summed E-state index contributed by atoms with van der Waals surface area (Å²) in [5, 5.41) is 12.1. The molecule has 3 aromatic rings. The highest BCUT2D eigenvalue weighted by atomic mass is 32.1. The maximum atomic E-state index is 5.26. The van der Waals surface area contributed by atoms with Gasteiger partial charge in [-0.3, -0.25) is 4.68 Å². The van der Waals surface area contributed by atoms with Crippen LogP contribution in [0.3, 0.4) is 0 Å². The van der Waals surface area contributed by atoms with Crippen molar-refractivity contribution in [3.8, 4) is 22.8 Å². The molecular weight excluding hydrogens is 236 g/mol. The predicted molar refractivity (Wildman–Crippen MR) is 64.6 cm³/mol. The van der Waals surface area contributed by atoms with E-state index in [2.05, 4.69) is 15.2 Å². The quantitative estimate of drug-likeness (QED) is 0.697.